The minimum atomic E-state index is 0.366. The Hall–Kier alpha value is -1.44. The lowest BCUT2D eigenvalue weighted by Crippen LogP contribution is -2.41. The Morgan fingerprint density at radius 1 is 1.41 bits per heavy atom. The number of hydrogen-bond donors (Lipinski definition) is 1. The molecule has 2 aromatic heterocycles. The molecule has 2 saturated heterocycles. The number of aromatic nitrogens is 1. The molecule has 0 bridgehead atoms. The van der Waals surface area contributed by atoms with Crippen molar-refractivity contribution in [2.45, 2.75) is 33.1 Å². The molecule has 0 radical (unpaired) electrons. The number of thiazole rings is 1. The predicted octanol–water partition coefficient (Wildman–Crippen LogP) is 3.80. The molecule has 146 valence electrons. The van der Waals surface area contributed by atoms with Crippen LogP contribution in [-0.4, -0.2) is 55.2 Å². The third-order valence-corrected chi connectivity index (χ3v) is 7.35. The second-order valence-corrected chi connectivity index (χ2v) is 9.71. The number of rotatable bonds is 5. The van der Waals surface area contributed by atoms with Crippen LogP contribution < -0.4 is 5.32 Å². The minimum absolute atomic E-state index is 0.366. The molecule has 1 spiro atoms. The quantitative estimate of drug-likeness (QED) is 0.608. The van der Waals surface area contributed by atoms with Crippen LogP contribution in [0.1, 0.15) is 29.7 Å². The molecule has 27 heavy (non-hydrogen) atoms. The molecule has 0 amide bonds. The van der Waals surface area contributed by atoms with Crippen molar-refractivity contribution in [1.29, 1.82) is 0 Å². The Labute approximate surface area is 169 Å². The minimum Gasteiger partial charge on any atom is -0.381 e. The van der Waals surface area contributed by atoms with Crippen LogP contribution in [0.15, 0.2) is 22.5 Å². The number of aliphatic imine (C=N–C) groups is 1. The van der Waals surface area contributed by atoms with Crippen molar-refractivity contribution in [2.75, 3.05) is 39.4 Å². The average Bonchev–Trinajstić information content (AvgIpc) is 3.44. The lowest BCUT2D eigenvalue weighted by atomic mass is 9.87. The van der Waals surface area contributed by atoms with Crippen molar-refractivity contribution in [3.8, 4) is 10.6 Å². The van der Waals surface area contributed by atoms with Crippen LogP contribution in [0.5, 0.6) is 0 Å². The molecule has 2 aliphatic heterocycles. The van der Waals surface area contributed by atoms with Gasteiger partial charge < -0.3 is 15.0 Å². The van der Waals surface area contributed by atoms with Gasteiger partial charge in [-0.1, -0.05) is 0 Å². The van der Waals surface area contributed by atoms with Crippen LogP contribution in [0, 0.1) is 12.3 Å². The number of nitrogens with one attached hydrogen (secondary N) is 1. The number of thiophene rings is 1. The molecule has 0 aromatic carbocycles. The second kappa shape index (κ2) is 8.29. The largest absolute Gasteiger partial charge is 0.381 e. The van der Waals surface area contributed by atoms with E-state index in [1.807, 2.05) is 11.3 Å². The summed E-state index contributed by atoms with van der Waals surface area (Å²) in [6.07, 6.45) is 3.39. The zero-order valence-corrected chi connectivity index (χ0v) is 17.8. The third kappa shape index (κ3) is 4.36. The van der Waals surface area contributed by atoms with E-state index in [0.29, 0.717) is 5.41 Å². The Bertz CT molecular complexity index is 792. The summed E-state index contributed by atoms with van der Waals surface area (Å²) in [5, 5.41) is 6.74. The normalized spacial score (nSPS) is 22.9. The molecule has 5 nitrogen and oxygen atoms in total. The molecular weight excluding hydrogens is 376 g/mol. The van der Waals surface area contributed by atoms with Crippen molar-refractivity contribution in [3.63, 3.8) is 0 Å². The van der Waals surface area contributed by atoms with Gasteiger partial charge in [-0.2, -0.15) is 0 Å². The SMILES string of the molecule is CCNC(=NCCc1ccc(-c2csc(C)n2)s1)N1CCC2(CCOC2)C1. The van der Waals surface area contributed by atoms with Crippen molar-refractivity contribution >= 4 is 28.6 Å². The first-order valence-electron chi connectivity index (χ1n) is 9.80. The summed E-state index contributed by atoms with van der Waals surface area (Å²) in [5.41, 5.74) is 1.47. The summed E-state index contributed by atoms with van der Waals surface area (Å²) in [4.78, 5) is 14.6. The van der Waals surface area contributed by atoms with Crippen molar-refractivity contribution in [1.82, 2.24) is 15.2 Å². The summed E-state index contributed by atoms with van der Waals surface area (Å²) in [5.74, 6) is 1.06. The maximum absolute atomic E-state index is 5.66. The van der Waals surface area contributed by atoms with Crippen LogP contribution >= 0.6 is 22.7 Å². The molecular formula is C20H28N4OS2. The Balaban J connectivity index is 1.36. The summed E-state index contributed by atoms with van der Waals surface area (Å²) in [6.45, 7) is 9.91. The lowest BCUT2D eigenvalue weighted by molar-refractivity contribution is 0.156. The maximum atomic E-state index is 5.66. The van der Waals surface area contributed by atoms with E-state index in [0.717, 1.165) is 62.5 Å². The first-order chi connectivity index (χ1) is 13.2. The van der Waals surface area contributed by atoms with Gasteiger partial charge in [-0.3, -0.25) is 4.99 Å². The van der Waals surface area contributed by atoms with E-state index in [2.05, 4.69) is 46.6 Å². The topological polar surface area (TPSA) is 49.8 Å². The van der Waals surface area contributed by atoms with E-state index >= 15 is 0 Å². The number of likely N-dealkylation sites (tertiary alicyclic amines) is 1. The third-order valence-electron chi connectivity index (χ3n) is 5.41. The molecule has 2 fully saturated rings. The Morgan fingerprint density at radius 3 is 3.07 bits per heavy atom. The van der Waals surface area contributed by atoms with E-state index in [1.165, 1.54) is 22.6 Å². The van der Waals surface area contributed by atoms with Gasteiger partial charge >= 0.3 is 0 Å². The van der Waals surface area contributed by atoms with Gasteiger partial charge in [0.25, 0.3) is 0 Å². The fourth-order valence-corrected chi connectivity index (χ4v) is 5.56. The second-order valence-electron chi connectivity index (χ2n) is 7.48. The van der Waals surface area contributed by atoms with Crippen molar-refractivity contribution < 1.29 is 4.74 Å². The lowest BCUT2D eigenvalue weighted by Gasteiger charge is -2.24. The number of nitrogens with zero attached hydrogens (tertiary/aromatic N) is 3. The van der Waals surface area contributed by atoms with Crippen molar-refractivity contribution in [2.24, 2.45) is 10.4 Å². The van der Waals surface area contributed by atoms with Gasteiger partial charge in [-0.15, -0.1) is 22.7 Å². The van der Waals surface area contributed by atoms with Crippen LogP contribution in [0.2, 0.25) is 0 Å². The van der Waals surface area contributed by atoms with Gasteiger partial charge in [0.2, 0.25) is 0 Å². The number of aryl methyl sites for hydroxylation is 1. The van der Waals surface area contributed by atoms with E-state index in [4.69, 9.17) is 9.73 Å². The highest BCUT2D eigenvalue weighted by atomic mass is 32.1. The maximum Gasteiger partial charge on any atom is 0.193 e. The molecule has 2 aliphatic rings. The van der Waals surface area contributed by atoms with Crippen LogP contribution in [0.4, 0.5) is 0 Å². The van der Waals surface area contributed by atoms with Crippen molar-refractivity contribution in [3.05, 3.63) is 27.4 Å². The van der Waals surface area contributed by atoms with E-state index in [1.54, 1.807) is 11.3 Å². The first kappa shape index (κ1) is 18.9. The van der Waals surface area contributed by atoms with Crippen LogP contribution in [-0.2, 0) is 11.2 Å². The average molecular weight is 405 g/mol. The molecule has 7 heteroatoms. The smallest absolute Gasteiger partial charge is 0.193 e. The molecule has 1 unspecified atom stereocenters. The van der Waals surface area contributed by atoms with Gasteiger partial charge in [0.15, 0.2) is 5.96 Å². The standard InChI is InChI=1S/C20H28N4OS2/c1-3-21-19(24-10-7-20(13-24)8-11-25-14-20)22-9-6-16-4-5-18(27-16)17-12-26-15(2)23-17/h4-5,12H,3,6-11,13-14H2,1-2H3,(H,21,22). The van der Waals surface area contributed by atoms with E-state index in [9.17, 15) is 0 Å². The van der Waals surface area contributed by atoms with Crippen LogP contribution in [0.25, 0.3) is 10.6 Å². The number of guanidine groups is 1. The van der Waals surface area contributed by atoms with Gasteiger partial charge in [-0.05, 0) is 38.8 Å². The van der Waals surface area contributed by atoms with Gasteiger partial charge in [-0.25, -0.2) is 4.98 Å². The molecule has 0 saturated carbocycles. The highest BCUT2D eigenvalue weighted by Gasteiger charge is 2.42. The summed E-state index contributed by atoms with van der Waals surface area (Å²) < 4.78 is 5.66. The zero-order valence-electron chi connectivity index (χ0n) is 16.2. The van der Waals surface area contributed by atoms with E-state index in [-0.39, 0.29) is 0 Å². The van der Waals surface area contributed by atoms with E-state index < -0.39 is 0 Å². The summed E-state index contributed by atoms with van der Waals surface area (Å²) in [7, 11) is 0. The van der Waals surface area contributed by atoms with Crippen LogP contribution in [0.3, 0.4) is 0 Å². The molecule has 1 atom stereocenters. The molecule has 1 N–H and O–H groups in total. The molecule has 0 aliphatic carbocycles. The molecule has 2 aromatic rings. The number of ether oxygens (including phenoxy) is 1. The highest BCUT2D eigenvalue weighted by molar-refractivity contribution is 7.16. The first-order valence-corrected chi connectivity index (χ1v) is 11.5. The molecule has 4 rings (SSSR count). The van der Waals surface area contributed by atoms with Gasteiger partial charge in [0.1, 0.15) is 0 Å². The summed E-state index contributed by atoms with van der Waals surface area (Å²) in [6, 6.07) is 4.41. The fraction of sp³-hybridized carbons (Fsp3) is 0.600. The highest BCUT2D eigenvalue weighted by Crippen LogP contribution is 2.38. The monoisotopic (exact) mass is 404 g/mol. The molecule has 4 heterocycles. The Morgan fingerprint density at radius 2 is 2.33 bits per heavy atom. The fourth-order valence-electron chi connectivity index (χ4n) is 3.91. The predicted molar refractivity (Wildman–Crippen MR) is 114 cm³/mol. The Kier molecular flexibility index (Phi) is 5.80. The van der Waals surface area contributed by atoms with Gasteiger partial charge in [0, 0.05) is 54.9 Å². The zero-order chi connectivity index (χ0) is 18.7. The number of hydrogen-bond acceptors (Lipinski definition) is 5. The van der Waals surface area contributed by atoms with Gasteiger partial charge in [0.05, 0.1) is 22.2 Å². The summed E-state index contributed by atoms with van der Waals surface area (Å²) >= 11 is 3.54.